The van der Waals surface area contributed by atoms with Gasteiger partial charge in [-0.15, -0.1) is 0 Å². The van der Waals surface area contributed by atoms with Crippen molar-refractivity contribution in [2.45, 2.75) is 94.3 Å². The third-order valence-electron chi connectivity index (χ3n) is 11.3. The molecule has 0 amide bonds. The van der Waals surface area contributed by atoms with Crippen LogP contribution in [-0.2, 0) is 21.9 Å². The average Bonchev–Trinajstić information content (AvgIpc) is 3.10. The molecule has 1 fully saturated rings. The smallest absolute Gasteiger partial charge is 0.216 e. The first-order valence-corrected chi connectivity index (χ1v) is 18.1. The summed E-state index contributed by atoms with van der Waals surface area (Å²) in [6.45, 7) is 7.56. The predicted octanol–water partition coefficient (Wildman–Crippen LogP) is 4.91. The largest absolute Gasteiger partial charge is 0.490 e. The fourth-order valence-corrected chi connectivity index (χ4v) is 10.0. The molecule has 2 aromatic rings. The Morgan fingerprint density at radius 3 is 2.68 bits per heavy atom. The molecule has 2 bridgehead atoms. The van der Waals surface area contributed by atoms with Gasteiger partial charge < -0.3 is 25.2 Å². The summed E-state index contributed by atoms with van der Waals surface area (Å²) >= 11 is 6.42. The van der Waals surface area contributed by atoms with E-state index in [1.807, 2.05) is 39.1 Å². The van der Waals surface area contributed by atoms with Crippen LogP contribution in [0.2, 0.25) is 5.02 Å². The van der Waals surface area contributed by atoms with E-state index in [1.165, 1.54) is 11.1 Å². The Balaban J connectivity index is 1.43. The molecule has 0 radical (unpaired) electrons. The third kappa shape index (κ3) is 6.00. The molecule has 44 heavy (non-hydrogen) atoms. The quantitative estimate of drug-likeness (QED) is 0.349. The van der Waals surface area contributed by atoms with E-state index in [1.54, 1.807) is 13.0 Å². The molecule has 6 rings (SSSR count). The number of rotatable bonds is 1. The molecule has 2 aromatic carbocycles. The lowest BCUT2D eigenvalue weighted by atomic mass is 9.63. The van der Waals surface area contributed by atoms with Gasteiger partial charge in [-0.3, -0.25) is 0 Å². The lowest BCUT2D eigenvalue weighted by Gasteiger charge is -2.50. The molecule has 1 unspecified atom stereocenters. The summed E-state index contributed by atoms with van der Waals surface area (Å²) in [4.78, 5) is 2.38. The first kappa shape index (κ1) is 32.1. The number of halogens is 1. The summed E-state index contributed by atoms with van der Waals surface area (Å²) in [5.74, 6) is 0.940. The molecular weight excluding hydrogens is 598 g/mol. The van der Waals surface area contributed by atoms with Gasteiger partial charge in [0.05, 0.1) is 23.1 Å². The number of sulfonamides is 1. The summed E-state index contributed by atoms with van der Waals surface area (Å²) in [7, 11) is -1.97. The normalized spacial score (nSPS) is 37.2. The highest BCUT2D eigenvalue weighted by Crippen LogP contribution is 2.49. The molecule has 2 heterocycles. The molecule has 2 aliphatic carbocycles. The molecule has 0 saturated heterocycles. The predicted molar refractivity (Wildman–Crippen MR) is 175 cm³/mol. The standard InChI is InChI=1S/C34H48ClN3O5S/c1-21-14-27(36-4)17-33(3,40)28-10-7-25(28)18-38-19-34(13-5-6-23-15-26(35)9-11-29(23)34)20-43-31-12-8-24(16-30(31)38)32(39)37-44(41,42)22(21)2/h8-9,11-12,15-16,21-22,25,27-28,32,36-37,39-40H,5-7,10,13-14,17-20H2,1-4H3/t21-,22+,25-,27-,28+,32?,33-,34-/m0/s1. The summed E-state index contributed by atoms with van der Waals surface area (Å²) in [6, 6.07) is 11.7. The number of aryl methyl sites for hydroxylation is 1. The molecule has 10 heteroatoms. The molecule has 4 N–H and O–H groups in total. The minimum absolute atomic E-state index is 0.0449. The van der Waals surface area contributed by atoms with Crippen molar-refractivity contribution in [1.82, 2.24) is 10.0 Å². The van der Waals surface area contributed by atoms with Gasteiger partial charge in [0.1, 0.15) is 12.0 Å². The van der Waals surface area contributed by atoms with Gasteiger partial charge in [-0.25, -0.2) is 8.42 Å². The van der Waals surface area contributed by atoms with E-state index in [9.17, 15) is 18.6 Å². The van der Waals surface area contributed by atoms with Crippen LogP contribution >= 0.6 is 11.6 Å². The van der Waals surface area contributed by atoms with Crippen molar-refractivity contribution in [1.29, 1.82) is 0 Å². The van der Waals surface area contributed by atoms with Crippen LogP contribution < -0.4 is 19.7 Å². The van der Waals surface area contributed by atoms with Crippen molar-refractivity contribution in [3.05, 3.63) is 58.1 Å². The van der Waals surface area contributed by atoms with Gasteiger partial charge in [0.15, 0.2) is 0 Å². The maximum atomic E-state index is 13.4. The highest BCUT2D eigenvalue weighted by atomic mass is 35.5. The van der Waals surface area contributed by atoms with Crippen LogP contribution in [-0.4, -0.2) is 62.3 Å². The van der Waals surface area contributed by atoms with Crippen molar-refractivity contribution in [3.8, 4) is 5.75 Å². The number of hydrogen-bond donors (Lipinski definition) is 4. The van der Waals surface area contributed by atoms with Gasteiger partial charge in [0.25, 0.3) is 0 Å². The van der Waals surface area contributed by atoms with E-state index in [-0.39, 0.29) is 29.2 Å². The zero-order valence-electron chi connectivity index (χ0n) is 26.4. The Kier molecular flexibility index (Phi) is 8.78. The fourth-order valence-electron chi connectivity index (χ4n) is 8.42. The molecule has 1 spiro atoms. The van der Waals surface area contributed by atoms with E-state index in [2.05, 4.69) is 27.1 Å². The fraction of sp³-hybridized carbons (Fsp3) is 0.647. The number of ether oxygens (including phenoxy) is 1. The van der Waals surface area contributed by atoms with Gasteiger partial charge in [-0.2, -0.15) is 4.72 Å². The van der Waals surface area contributed by atoms with Crippen LogP contribution in [0.3, 0.4) is 0 Å². The van der Waals surface area contributed by atoms with Crippen LogP contribution in [0, 0.1) is 17.8 Å². The second-order valence-electron chi connectivity index (χ2n) is 14.3. The van der Waals surface area contributed by atoms with Crippen molar-refractivity contribution >= 4 is 27.3 Å². The van der Waals surface area contributed by atoms with Crippen molar-refractivity contribution in [2.24, 2.45) is 17.8 Å². The summed E-state index contributed by atoms with van der Waals surface area (Å²) in [6.07, 6.45) is 4.74. The van der Waals surface area contributed by atoms with Crippen LogP contribution in [0.5, 0.6) is 5.75 Å². The molecular formula is C34H48ClN3O5S. The van der Waals surface area contributed by atoms with Gasteiger partial charge in [0, 0.05) is 29.6 Å². The monoisotopic (exact) mass is 645 g/mol. The molecule has 1 saturated carbocycles. The minimum atomic E-state index is -3.85. The topological polar surface area (TPSA) is 111 Å². The van der Waals surface area contributed by atoms with Crippen LogP contribution in [0.4, 0.5) is 5.69 Å². The third-order valence-corrected chi connectivity index (χ3v) is 13.6. The number of anilines is 1. The molecule has 0 aromatic heterocycles. The number of hydrogen-bond acceptors (Lipinski definition) is 7. The Labute approximate surface area is 267 Å². The highest BCUT2D eigenvalue weighted by molar-refractivity contribution is 7.90. The Bertz CT molecular complexity index is 1490. The lowest BCUT2D eigenvalue weighted by Crippen LogP contribution is -2.53. The van der Waals surface area contributed by atoms with Crippen molar-refractivity contribution in [2.75, 3.05) is 31.6 Å². The number of nitrogens with zero attached hydrogens (tertiary/aromatic N) is 1. The maximum absolute atomic E-state index is 13.4. The minimum Gasteiger partial charge on any atom is -0.490 e. The zero-order valence-corrected chi connectivity index (χ0v) is 27.9. The Hall–Kier alpha value is -1.88. The van der Waals surface area contributed by atoms with Crippen molar-refractivity contribution < 1.29 is 23.4 Å². The number of nitrogens with one attached hydrogen (secondary N) is 2. The summed E-state index contributed by atoms with van der Waals surface area (Å²) in [5.41, 5.74) is 2.73. The van der Waals surface area contributed by atoms with Gasteiger partial charge >= 0.3 is 0 Å². The highest BCUT2D eigenvalue weighted by Gasteiger charge is 2.48. The van der Waals surface area contributed by atoms with Crippen molar-refractivity contribution in [3.63, 3.8) is 0 Å². The van der Waals surface area contributed by atoms with E-state index in [4.69, 9.17) is 16.3 Å². The maximum Gasteiger partial charge on any atom is 0.216 e. The molecule has 8 atom stereocenters. The van der Waals surface area contributed by atoms with Crippen LogP contribution in [0.25, 0.3) is 0 Å². The SMILES string of the molecule is CN[C@H]1C[C@H](C)[C@@H](C)S(=O)(=O)NC(O)c2ccc3c(c2)N(C[C@@H]2CC[C@H]2[C@@](C)(O)C1)C[C@@]1(CCCc2cc(Cl)ccc21)CO3. The Morgan fingerprint density at radius 2 is 1.95 bits per heavy atom. The number of aliphatic hydroxyl groups is 2. The van der Waals surface area contributed by atoms with Gasteiger partial charge in [-0.05, 0) is 125 Å². The first-order valence-electron chi connectivity index (χ1n) is 16.2. The van der Waals surface area contributed by atoms with Gasteiger partial charge in [-0.1, -0.05) is 30.7 Å². The number of aliphatic hydroxyl groups excluding tert-OH is 1. The second-order valence-corrected chi connectivity index (χ2v) is 16.8. The van der Waals surface area contributed by atoms with E-state index >= 15 is 0 Å². The number of fused-ring (bicyclic) bond motifs is 4. The first-order chi connectivity index (χ1) is 20.8. The zero-order chi connectivity index (χ0) is 31.4. The van der Waals surface area contributed by atoms with E-state index < -0.39 is 27.1 Å². The Morgan fingerprint density at radius 1 is 1.16 bits per heavy atom. The summed E-state index contributed by atoms with van der Waals surface area (Å²) in [5, 5.41) is 26.5. The van der Waals surface area contributed by atoms with Gasteiger partial charge in [0.2, 0.25) is 10.0 Å². The molecule has 242 valence electrons. The van der Waals surface area contributed by atoms with E-state index in [0.717, 1.165) is 61.7 Å². The van der Waals surface area contributed by atoms with E-state index in [0.29, 0.717) is 25.0 Å². The molecule has 2 aliphatic heterocycles. The molecule has 4 aliphatic rings. The van der Waals surface area contributed by atoms with Crippen LogP contribution in [0.15, 0.2) is 36.4 Å². The van der Waals surface area contributed by atoms with Crippen LogP contribution in [0.1, 0.15) is 82.2 Å². The summed E-state index contributed by atoms with van der Waals surface area (Å²) < 4.78 is 36.0. The average molecular weight is 646 g/mol. The second kappa shape index (κ2) is 12.0. The molecule has 8 nitrogen and oxygen atoms in total. The lowest BCUT2D eigenvalue weighted by molar-refractivity contribution is -0.0790. The number of benzene rings is 2.